The van der Waals surface area contributed by atoms with Crippen LogP contribution in [-0.4, -0.2) is 67.2 Å². The van der Waals surface area contributed by atoms with Crippen molar-refractivity contribution in [1.29, 1.82) is 0 Å². The third-order valence-electron chi connectivity index (χ3n) is 12.8. The molecule has 0 aromatic heterocycles. The highest BCUT2D eigenvalue weighted by Gasteiger charge is 2.79. The smallest absolute Gasteiger partial charge is 0.385 e. The SMILES string of the molecule is CC1(C)COC2(CCC3=C4C(CC[C@@]3(O)C2)C2CC[C@@](O)(C(F)(F)C(F)(F)F)[C@@]2(C)C[C@@H]4c2ccc(-c3ccc(S(C)(=O)=O)cc3)cc2)OC1. The van der Waals surface area contributed by atoms with Crippen LogP contribution in [-0.2, 0) is 19.3 Å². The average Bonchev–Trinajstić information content (AvgIpc) is 3.32. The van der Waals surface area contributed by atoms with Crippen LogP contribution in [0.4, 0.5) is 22.0 Å². The molecule has 4 aliphatic carbocycles. The minimum atomic E-state index is -5.93. The lowest BCUT2D eigenvalue weighted by Crippen LogP contribution is -2.65. The van der Waals surface area contributed by atoms with Gasteiger partial charge in [-0.05, 0) is 84.8 Å². The number of ether oxygens (including phenoxy) is 2. The van der Waals surface area contributed by atoms with Crippen molar-refractivity contribution >= 4 is 9.84 Å². The lowest BCUT2D eigenvalue weighted by molar-refractivity contribution is -0.362. The zero-order valence-corrected chi connectivity index (χ0v) is 29.6. The predicted molar refractivity (Wildman–Crippen MR) is 176 cm³/mol. The van der Waals surface area contributed by atoms with Crippen LogP contribution in [0.3, 0.4) is 0 Å². The molecule has 1 aliphatic heterocycles. The van der Waals surface area contributed by atoms with Gasteiger partial charge in [0, 0.05) is 35.8 Å². The summed E-state index contributed by atoms with van der Waals surface area (Å²) in [6.45, 7) is 6.42. The molecule has 12 heteroatoms. The lowest BCUT2D eigenvalue weighted by atomic mass is 9.49. The van der Waals surface area contributed by atoms with E-state index in [0.717, 1.165) is 28.5 Å². The second kappa shape index (κ2) is 11.3. The van der Waals surface area contributed by atoms with Crippen molar-refractivity contribution in [3.8, 4) is 11.1 Å². The van der Waals surface area contributed by atoms with E-state index >= 15 is 8.78 Å². The fourth-order valence-electron chi connectivity index (χ4n) is 10.1. The third-order valence-corrected chi connectivity index (χ3v) is 14.0. The van der Waals surface area contributed by atoms with E-state index in [9.17, 15) is 31.8 Å². The molecule has 2 N–H and O–H groups in total. The van der Waals surface area contributed by atoms with E-state index in [-0.39, 0.29) is 36.0 Å². The highest BCUT2D eigenvalue weighted by molar-refractivity contribution is 7.90. The summed E-state index contributed by atoms with van der Waals surface area (Å²) in [5, 5.41) is 24.0. The van der Waals surface area contributed by atoms with Crippen molar-refractivity contribution in [1.82, 2.24) is 0 Å². The Morgan fingerprint density at radius 1 is 0.820 bits per heavy atom. The Morgan fingerprint density at radius 3 is 1.96 bits per heavy atom. The first-order valence-electron chi connectivity index (χ1n) is 17.4. The number of aliphatic hydroxyl groups is 2. The molecular weight excluding hydrogens is 679 g/mol. The van der Waals surface area contributed by atoms with Gasteiger partial charge in [0.2, 0.25) is 0 Å². The number of fused-ring (bicyclic) bond motifs is 4. The van der Waals surface area contributed by atoms with Gasteiger partial charge in [0.1, 0.15) is 5.60 Å². The van der Waals surface area contributed by atoms with E-state index in [0.29, 0.717) is 38.0 Å². The molecule has 2 aromatic rings. The molecular formula is C38H45F5O6S. The van der Waals surface area contributed by atoms with Gasteiger partial charge >= 0.3 is 12.1 Å². The number of halogens is 5. The van der Waals surface area contributed by atoms with Crippen molar-refractivity contribution in [3.63, 3.8) is 0 Å². The summed E-state index contributed by atoms with van der Waals surface area (Å²) in [4.78, 5) is 0.175. The first kappa shape index (κ1) is 36.0. The Kier molecular flexibility index (Phi) is 8.14. The Morgan fingerprint density at radius 2 is 1.40 bits per heavy atom. The Hall–Kier alpha value is -2.38. The van der Waals surface area contributed by atoms with Gasteiger partial charge < -0.3 is 19.7 Å². The minimum Gasteiger partial charge on any atom is -0.385 e. The first-order chi connectivity index (χ1) is 23.1. The molecule has 1 heterocycles. The van der Waals surface area contributed by atoms with Crippen LogP contribution < -0.4 is 0 Å². The van der Waals surface area contributed by atoms with E-state index in [1.165, 1.54) is 19.1 Å². The number of sulfone groups is 1. The molecule has 6 nitrogen and oxygen atoms in total. The molecule has 6 atom stereocenters. The second-order valence-electron chi connectivity index (χ2n) is 16.6. The highest BCUT2D eigenvalue weighted by atomic mass is 32.2. The first-order valence-corrected chi connectivity index (χ1v) is 19.3. The summed E-state index contributed by atoms with van der Waals surface area (Å²) in [6.07, 6.45) is -3.87. The number of benzene rings is 2. The monoisotopic (exact) mass is 724 g/mol. The number of hydrogen-bond acceptors (Lipinski definition) is 6. The summed E-state index contributed by atoms with van der Waals surface area (Å²) in [5.74, 6) is -7.97. The van der Waals surface area contributed by atoms with Crippen LogP contribution in [0.2, 0.25) is 0 Å². The molecule has 50 heavy (non-hydrogen) atoms. The zero-order valence-electron chi connectivity index (χ0n) is 28.7. The van der Waals surface area contributed by atoms with Crippen molar-refractivity contribution in [2.45, 2.75) is 112 Å². The fourth-order valence-corrected chi connectivity index (χ4v) is 10.7. The zero-order chi connectivity index (χ0) is 36.3. The topological polar surface area (TPSA) is 93.1 Å². The van der Waals surface area contributed by atoms with Gasteiger partial charge in [-0.15, -0.1) is 0 Å². The van der Waals surface area contributed by atoms with Gasteiger partial charge in [0.25, 0.3) is 0 Å². The van der Waals surface area contributed by atoms with E-state index in [4.69, 9.17) is 9.47 Å². The van der Waals surface area contributed by atoms with Gasteiger partial charge in [-0.2, -0.15) is 22.0 Å². The molecule has 274 valence electrons. The number of hydrogen-bond donors (Lipinski definition) is 2. The Bertz CT molecular complexity index is 1790. The van der Waals surface area contributed by atoms with Crippen molar-refractivity contribution in [2.24, 2.45) is 22.7 Å². The minimum absolute atomic E-state index is 0.0128. The van der Waals surface area contributed by atoms with Crippen molar-refractivity contribution in [3.05, 3.63) is 65.2 Å². The second-order valence-corrected chi connectivity index (χ2v) is 18.6. The van der Waals surface area contributed by atoms with Crippen LogP contribution in [0.25, 0.3) is 11.1 Å². The highest BCUT2D eigenvalue weighted by Crippen LogP contribution is 2.71. The standard InChI is InChI=1S/C38H45F5O6S/c1-32(2)21-48-35(49-22-32)17-14-30-31-27(13-16-34(30,44)20-35)29-15-18-36(45,37(39,40)38(41,42)43)33(29,3)19-28(31)25-7-5-23(6-8-25)24-9-11-26(12-10-24)50(4,46)47/h5-12,27-29,44-45H,13-22H2,1-4H3/t27?,28-,29?,33+,34-,36+/m1/s1. The van der Waals surface area contributed by atoms with Gasteiger partial charge in [0.05, 0.1) is 23.7 Å². The fraction of sp³-hybridized carbons (Fsp3) is 0.632. The van der Waals surface area contributed by atoms with Gasteiger partial charge in [-0.25, -0.2) is 8.42 Å². The van der Waals surface area contributed by atoms with Gasteiger partial charge in [-0.3, -0.25) is 0 Å². The van der Waals surface area contributed by atoms with Gasteiger partial charge in [-0.1, -0.05) is 62.7 Å². The van der Waals surface area contributed by atoms with Crippen molar-refractivity contribution in [2.75, 3.05) is 19.5 Å². The number of alkyl halides is 5. The van der Waals surface area contributed by atoms with Gasteiger partial charge in [0.15, 0.2) is 15.6 Å². The van der Waals surface area contributed by atoms with Crippen LogP contribution in [0.5, 0.6) is 0 Å². The molecule has 7 rings (SSSR count). The maximum Gasteiger partial charge on any atom is 0.456 e. The summed E-state index contributed by atoms with van der Waals surface area (Å²) >= 11 is 0. The molecule has 3 saturated carbocycles. The number of allylic oxidation sites excluding steroid dienone is 1. The largest absolute Gasteiger partial charge is 0.456 e. The molecule has 0 amide bonds. The summed E-state index contributed by atoms with van der Waals surface area (Å²) in [5.41, 5.74) is -2.69. The average molecular weight is 725 g/mol. The third kappa shape index (κ3) is 5.41. The summed E-state index contributed by atoms with van der Waals surface area (Å²) in [7, 11) is -3.39. The number of rotatable bonds is 4. The van der Waals surface area contributed by atoms with E-state index in [1.807, 2.05) is 38.1 Å². The molecule has 0 bridgehead atoms. The maximum atomic E-state index is 15.4. The lowest BCUT2D eigenvalue weighted by Gasteiger charge is -2.59. The molecule has 2 unspecified atom stereocenters. The maximum absolute atomic E-state index is 15.4. The van der Waals surface area contributed by atoms with E-state index in [2.05, 4.69) is 0 Å². The normalized spacial score (nSPS) is 35.4. The molecule has 0 radical (unpaired) electrons. The Balaban J connectivity index is 1.31. The molecule has 1 saturated heterocycles. The molecule has 2 aromatic carbocycles. The summed E-state index contributed by atoms with van der Waals surface area (Å²) in [6, 6.07) is 13.7. The quantitative estimate of drug-likeness (QED) is 0.246. The van der Waals surface area contributed by atoms with Crippen LogP contribution in [0, 0.1) is 22.7 Å². The van der Waals surface area contributed by atoms with Crippen LogP contribution in [0.1, 0.15) is 83.6 Å². The van der Waals surface area contributed by atoms with Crippen molar-refractivity contribution < 1.29 is 50.1 Å². The van der Waals surface area contributed by atoms with Crippen LogP contribution in [0.15, 0.2) is 64.6 Å². The Labute approximate surface area is 290 Å². The van der Waals surface area contributed by atoms with Crippen LogP contribution >= 0.6 is 0 Å². The van der Waals surface area contributed by atoms with E-state index < -0.39 is 68.5 Å². The van der Waals surface area contributed by atoms with E-state index in [1.54, 1.807) is 12.1 Å². The molecule has 4 fully saturated rings. The molecule has 5 aliphatic rings. The predicted octanol–water partition coefficient (Wildman–Crippen LogP) is 7.98. The summed E-state index contributed by atoms with van der Waals surface area (Å²) < 4.78 is 109. The molecule has 1 spiro atoms.